The van der Waals surface area contributed by atoms with Crippen LogP contribution in [0.25, 0.3) is 0 Å². The Morgan fingerprint density at radius 1 is 1.53 bits per heavy atom. The summed E-state index contributed by atoms with van der Waals surface area (Å²) in [5.74, 6) is 0.922. The van der Waals surface area contributed by atoms with Gasteiger partial charge in [-0.2, -0.15) is 0 Å². The van der Waals surface area contributed by atoms with Crippen molar-refractivity contribution in [2.24, 2.45) is 12.8 Å². The van der Waals surface area contributed by atoms with Crippen molar-refractivity contribution in [2.45, 2.75) is 13.1 Å². The molecule has 0 saturated heterocycles. The maximum absolute atomic E-state index is 5.91. The quantitative estimate of drug-likeness (QED) is 0.857. The van der Waals surface area contributed by atoms with Crippen LogP contribution >= 0.6 is 11.6 Å². The first-order chi connectivity index (χ1) is 7.22. The summed E-state index contributed by atoms with van der Waals surface area (Å²) in [6, 6.07) is 3.98. The lowest BCUT2D eigenvalue weighted by atomic mass is 10.4. The van der Waals surface area contributed by atoms with Crippen molar-refractivity contribution in [1.82, 2.24) is 14.1 Å². The molecule has 0 aliphatic rings. The van der Waals surface area contributed by atoms with Crippen LogP contribution in [0.4, 0.5) is 0 Å². The predicted molar refractivity (Wildman–Crippen MR) is 59.6 cm³/mol. The zero-order valence-electron chi connectivity index (χ0n) is 8.52. The Morgan fingerprint density at radius 3 is 2.93 bits per heavy atom. The molecule has 0 amide bonds. The first kappa shape index (κ1) is 10.3. The molecule has 4 nitrogen and oxygen atoms in total. The number of hydrogen-bond donors (Lipinski definition) is 1. The highest BCUT2D eigenvalue weighted by Gasteiger charge is 2.06. The summed E-state index contributed by atoms with van der Waals surface area (Å²) in [7, 11) is 1.90. The monoisotopic (exact) mass is 224 g/mol. The van der Waals surface area contributed by atoms with Crippen LogP contribution in [0, 0.1) is 0 Å². The minimum atomic E-state index is 0.533. The van der Waals surface area contributed by atoms with Crippen molar-refractivity contribution < 1.29 is 0 Å². The van der Waals surface area contributed by atoms with Gasteiger partial charge in [0.05, 0.1) is 12.7 Å². The highest BCUT2D eigenvalue weighted by atomic mass is 35.5. The van der Waals surface area contributed by atoms with Crippen molar-refractivity contribution >= 4 is 11.6 Å². The number of imidazole rings is 1. The van der Waals surface area contributed by atoms with Crippen molar-refractivity contribution in [3.8, 4) is 0 Å². The van der Waals surface area contributed by atoms with Gasteiger partial charge in [-0.3, -0.25) is 0 Å². The molecule has 0 aromatic carbocycles. The van der Waals surface area contributed by atoms with Gasteiger partial charge in [-0.15, -0.1) is 0 Å². The van der Waals surface area contributed by atoms with Crippen LogP contribution in [-0.4, -0.2) is 14.1 Å². The molecule has 0 radical (unpaired) electrons. The molecular formula is C10H13ClN4. The standard InChI is InChI=1S/C10H13ClN4/c1-14-9(11)6-13-10(14)7-15-4-2-3-8(15)5-12/h2-4,6H,5,7,12H2,1H3. The van der Waals surface area contributed by atoms with Crippen molar-refractivity contribution in [2.75, 3.05) is 0 Å². The summed E-state index contributed by atoms with van der Waals surface area (Å²) in [5.41, 5.74) is 6.71. The van der Waals surface area contributed by atoms with E-state index < -0.39 is 0 Å². The maximum Gasteiger partial charge on any atom is 0.129 e. The van der Waals surface area contributed by atoms with E-state index in [2.05, 4.69) is 9.55 Å². The van der Waals surface area contributed by atoms with Gasteiger partial charge in [0.25, 0.3) is 0 Å². The van der Waals surface area contributed by atoms with Gasteiger partial charge in [0.15, 0.2) is 0 Å². The van der Waals surface area contributed by atoms with E-state index >= 15 is 0 Å². The van der Waals surface area contributed by atoms with Crippen molar-refractivity contribution in [1.29, 1.82) is 0 Å². The first-order valence-corrected chi connectivity index (χ1v) is 5.10. The molecule has 2 heterocycles. The predicted octanol–water partition coefficient (Wildman–Crippen LogP) is 1.38. The summed E-state index contributed by atoms with van der Waals surface area (Å²) >= 11 is 5.91. The molecule has 0 atom stereocenters. The van der Waals surface area contributed by atoms with Gasteiger partial charge in [0.1, 0.15) is 11.0 Å². The van der Waals surface area contributed by atoms with Crippen LogP contribution in [-0.2, 0) is 20.1 Å². The fourth-order valence-electron chi connectivity index (χ4n) is 1.51. The average Bonchev–Trinajstić information content (AvgIpc) is 2.80. The fraction of sp³-hybridized carbons (Fsp3) is 0.300. The second-order valence-electron chi connectivity index (χ2n) is 3.39. The Morgan fingerprint density at radius 2 is 2.33 bits per heavy atom. The zero-order valence-corrected chi connectivity index (χ0v) is 9.28. The molecule has 2 rings (SSSR count). The van der Waals surface area contributed by atoms with Crippen LogP contribution in [0.2, 0.25) is 5.15 Å². The molecule has 0 unspecified atom stereocenters. The molecule has 0 fully saturated rings. The molecule has 0 aliphatic heterocycles. The number of nitrogens with zero attached hydrogens (tertiary/aromatic N) is 3. The Kier molecular flexibility index (Phi) is 2.79. The number of rotatable bonds is 3. The number of nitrogens with two attached hydrogens (primary N) is 1. The zero-order chi connectivity index (χ0) is 10.8. The van der Waals surface area contributed by atoms with Crippen LogP contribution in [0.5, 0.6) is 0 Å². The third-order valence-corrected chi connectivity index (χ3v) is 2.82. The molecule has 5 heteroatoms. The second-order valence-corrected chi connectivity index (χ2v) is 3.77. The minimum absolute atomic E-state index is 0.533. The summed E-state index contributed by atoms with van der Waals surface area (Å²) in [6.07, 6.45) is 3.65. The van der Waals surface area contributed by atoms with E-state index in [-0.39, 0.29) is 0 Å². The normalized spacial score (nSPS) is 10.9. The molecule has 15 heavy (non-hydrogen) atoms. The third kappa shape index (κ3) is 1.91. The van der Waals surface area contributed by atoms with Gasteiger partial charge in [-0.25, -0.2) is 4.98 Å². The lowest BCUT2D eigenvalue weighted by Gasteiger charge is -2.07. The molecule has 0 saturated carbocycles. The van der Waals surface area contributed by atoms with Gasteiger partial charge in [0, 0.05) is 25.5 Å². The molecule has 0 spiro atoms. The van der Waals surface area contributed by atoms with Crippen LogP contribution in [0.3, 0.4) is 0 Å². The second kappa shape index (κ2) is 4.08. The SMILES string of the molecule is Cn1c(Cl)cnc1Cn1cccc1CN. The van der Waals surface area contributed by atoms with Gasteiger partial charge < -0.3 is 14.9 Å². The molecule has 0 aliphatic carbocycles. The Bertz CT molecular complexity index is 458. The highest BCUT2D eigenvalue weighted by Crippen LogP contribution is 2.11. The minimum Gasteiger partial charge on any atom is -0.343 e. The van der Waals surface area contributed by atoms with E-state index in [1.165, 1.54) is 0 Å². The van der Waals surface area contributed by atoms with Gasteiger partial charge in [-0.1, -0.05) is 11.6 Å². The van der Waals surface area contributed by atoms with E-state index in [9.17, 15) is 0 Å². The van der Waals surface area contributed by atoms with Crippen LogP contribution in [0.15, 0.2) is 24.5 Å². The first-order valence-electron chi connectivity index (χ1n) is 4.72. The van der Waals surface area contributed by atoms with E-state index in [4.69, 9.17) is 17.3 Å². The van der Waals surface area contributed by atoms with Crippen molar-refractivity contribution in [3.05, 3.63) is 41.2 Å². The molecule has 2 aromatic rings. The average molecular weight is 225 g/mol. The van der Waals surface area contributed by atoms with E-state index in [1.807, 2.05) is 29.9 Å². The Balaban J connectivity index is 2.25. The smallest absolute Gasteiger partial charge is 0.129 e. The van der Waals surface area contributed by atoms with Gasteiger partial charge in [-0.05, 0) is 12.1 Å². The van der Waals surface area contributed by atoms with E-state index in [0.717, 1.165) is 11.5 Å². The lowest BCUT2D eigenvalue weighted by Crippen LogP contribution is -2.10. The largest absolute Gasteiger partial charge is 0.343 e. The molecule has 80 valence electrons. The molecule has 0 bridgehead atoms. The maximum atomic E-state index is 5.91. The Labute approximate surface area is 93.3 Å². The summed E-state index contributed by atoms with van der Waals surface area (Å²) in [6.45, 7) is 1.23. The van der Waals surface area contributed by atoms with Crippen molar-refractivity contribution in [3.63, 3.8) is 0 Å². The highest BCUT2D eigenvalue weighted by molar-refractivity contribution is 6.29. The van der Waals surface area contributed by atoms with E-state index in [1.54, 1.807) is 6.20 Å². The number of aromatic nitrogens is 3. The summed E-state index contributed by atoms with van der Waals surface area (Å²) < 4.78 is 3.93. The summed E-state index contributed by atoms with van der Waals surface area (Å²) in [5, 5.41) is 0.645. The molecular weight excluding hydrogens is 212 g/mol. The van der Waals surface area contributed by atoms with Gasteiger partial charge in [0.2, 0.25) is 0 Å². The van der Waals surface area contributed by atoms with Crippen LogP contribution in [0.1, 0.15) is 11.5 Å². The fourth-order valence-corrected chi connectivity index (χ4v) is 1.66. The van der Waals surface area contributed by atoms with E-state index in [0.29, 0.717) is 18.2 Å². The number of hydrogen-bond acceptors (Lipinski definition) is 2. The Hall–Kier alpha value is -1.26. The number of halogens is 1. The molecule has 2 N–H and O–H groups in total. The topological polar surface area (TPSA) is 48.8 Å². The third-order valence-electron chi connectivity index (χ3n) is 2.47. The lowest BCUT2D eigenvalue weighted by molar-refractivity contribution is 0.674. The van der Waals surface area contributed by atoms with Gasteiger partial charge >= 0.3 is 0 Å². The van der Waals surface area contributed by atoms with Crippen LogP contribution < -0.4 is 5.73 Å². The summed E-state index contributed by atoms with van der Waals surface area (Å²) in [4.78, 5) is 4.23. The molecule has 2 aromatic heterocycles.